The summed E-state index contributed by atoms with van der Waals surface area (Å²) < 4.78 is 16.0. The lowest BCUT2D eigenvalue weighted by molar-refractivity contribution is -0.138. The minimum Gasteiger partial charge on any atom is -0.489 e. The molecule has 2 rings (SSSR count). The van der Waals surface area contributed by atoms with Gasteiger partial charge in [0.15, 0.2) is 6.61 Å². The summed E-state index contributed by atoms with van der Waals surface area (Å²) in [6.07, 6.45) is 1.40. The quantitative estimate of drug-likeness (QED) is 0.673. The number of rotatable bonds is 8. The highest BCUT2D eigenvalue weighted by Crippen LogP contribution is 2.17. The van der Waals surface area contributed by atoms with Gasteiger partial charge < -0.3 is 18.8 Å². The zero-order valence-electron chi connectivity index (χ0n) is 15.6. The fraction of sp³-hybridized carbons (Fsp3) is 0.400. The number of hydrogen-bond donors (Lipinski definition) is 0. The number of benzene rings is 1. The zero-order valence-corrected chi connectivity index (χ0v) is 15.6. The maximum Gasteiger partial charge on any atom is 0.375 e. The first-order valence-electron chi connectivity index (χ1n) is 8.62. The van der Waals surface area contributed by atoms with Gasteiger partial charge >= 0.3 is 5.97 Å². The third-order valence-electron chi connectivity index (χ3n) is 3.80. The van der Waals surface area contributed by atoms with Crippen LogP contribution in [0.3, 0.4) is 0 Å². The number of carbonyl (C=O) groups is 2. The standard InChI is InChI=1S/C20H25NO5/c1-14(2)21(15(3)4)18(22)13-26-20(23)19-16(10-11-24-19)12-25-17-8-6-5-7-9-17/h5-11,14-15H,12-13H2,1-4H3. The lowest BCUT2D eigenvalue weighted by atomic mass is 10.2. The van der Waals surface area contributed by atoms with E-state index in [1.54, 1.807) is 11.0 Å². The molecule has 26 heavy (non-hydrogen) atoms. The molecular formula is C20H25NO5. The monoisotopic (exact) mass is 359 g/mol. The van der Waals surface area contributed by atoms with E-state index in [9.17, 15) is 9.59 Å². The van der Waals surface area contributed by atoms with E-state index in [0.29, 0.717) is 11.3 Å². The van der Waals surface area contributed by atoms with E-state index in [-0.39, 0.29) is 37.0 Å². The summed E-state index contributed by atoms with van der Waals surface area (Å²) in [6, 6.07) is 11.0. The lowest BCUT2D eigenvalue weighted by Crippen LogP contribution is -2.44. The Bertz CT molecular complexity index is 713. The zero-order chi connectivity index (χ0) is 19.1. The minimum absolute atomic E-state index is 0.0275. The molecular weight excluding hydrogens is 334 g/mol. The van der Waals surface area contributed by atoms with Gasteiger partial charge in [-0.1, -0.05) is 18.2 Å². The molecule has 2 aromatic rings. The number of para-hydroxylation sites is 1. The van der Waals surface area contributed by atoms with E-state index in [1.165, 1.54) is 6.26 Å². The van der Waals surface area contributed by atoms with Crippen LogP contribution in [0.1, 0.15) is 43.8 Å². The average Bonchev–Trinajstić information content (AvgIpc) is 3.07. The number of furan rings is 1. The molecule has 0 aliphatic rings. The van der Waals surface area contributed by atoms with Crippen molar-refractivity contribution < 1.29 is 23.5 Å². The van der Waals surface area contributed by atoms with E-state index in [4.69, 9.17) is 13.9 Å². The van der Waals surface area contributed by atoms with E-state index in [2.05, 4.69) is 0 Å². The fourth-order valence-electron chi connectivity index (χ4n) is 2.75. The Morgan fingerprint density at radius 1 is 1.04 bits per heavy atom. The van der Waals surface area contributed by atoms with Crippen molar-refractivity contribution in [2.45, 2.75) is 46.4 Å². The van der Waals surface area contributed by atoms with Crippen molar-refractivity contribution in [1.82, 2.24) is 4.90 Å². The van der Waals surface area contributed by atoms with Gasteiger partial charge in [0.1, 0.15) is 12.4 Å². The molecule has 6 nitrogen and oxygen atoms in total. The van der Waals surface area contributed by atoms with Crippen LogP contribution in [-0.2, 0) is 16.1 Å². The molecule has 0 atom stereocenters. The van der Waals surface area contributed by atoms with Crippen LogP contribution in [0.5, 0.6) is 5.75 Å². The summed E-state index contributed by atoms with van der Waals surface area (Å²) in [4.78, 5) is 26.2. The Hall–Kier alpha value is -2.76. The maximum absolute atomic E-state index is 12.3. The van der Waals surface area contributed by atoms with Crippen LogP contribution in [0, 0.1) is 0 Å². The predicted octanol–water partition coefficient (Wildman–Crippen LogP) is 3.66. The molecule has 0 saturated heterocycles. The minimum atomic E-state index is -0.678. The molecule has 0 fully saturated rings. The molecule has 0 aliphatic heterocycles. The highest BCUT2D eigenvalue weighted by molar-refractivity contribution is 5.90. The summed E-state index contributed by atoms with van der Waals surface area (Å²) in [5.74, 6) is -0.179. The first kappa shape index (κ1) is 19.6. The highest BCUT2D eigenvalue weighted by atomic mass is 16.5. The van der Waals surface area contributed by atoms with Gasteiger partial charge in [-0.05, 0) is 45.9 Å². The van der Waals surface area contributed by atoms with Crippen LogP contribution in [-0.4, -0.2) is 35.5 Å². The highest BCUT2D eigenvalue weighted by Gasteiger charge is 2.23. The Morgan fingerprint density at radius 3 is 2.31 bits per heavy atom. The second kappa shape index (κ2) is 9.08. The summed E-state index contributed by atoms with van der Waals surface area (Å²) in [6.45, 7) is 7.53. The van der Waals surface area contributed by atoms with Crippen molar-refractivity contribution in [3.05, 3.63) is 54.0 Å². The molecule has 0 aliphatic carbocycles. The third-order valence-corrected chi connectivity index (χ3v) is 3.80. The molecule has 0 saturated carbocycles. The topological polar surface area (TPSA) is 69.0 Å². The van der Waals surface area contributed by atoms with Crippen molar-refractivity contribution in [2.24, 2.45) is 0 Å². The Balaban J connectivity index is 1.94. The van der Waals surface area contributed by atoms with Crippen molar-refractivity contribution >= 4 is 11.9 Å². The van der Waals surface area contributed by atoms with Crippen LogP contribution in [0.2, 0.25) is 0 Å². The molecule has 1 aromatic carbocycles. The van der Waals surface area contributed by atoms with Crippen LogP contribution >= 0.6 is 0 Å². The molecule has 6 heteroatoms. The molecule has 1 heterocycles. The Labute approximate surface area is 153 Å². The fourth-order valence-corrected chi connectivity index (χ4v) is 2.75. The first-order valence-corrected chi connectivity index (χ1v) is 8.62. The van der Waals surface area contributed by atoms with Gasteiger partial charge in [0.05, 0.1) is 6.26 Å². The summed E-state index contributed by atoms with van der Waals surface area (Å²) in [5, 5.41) is 0. The predicted molar refractivity (Wildman–Crippen MR) is 96.9 cm³/mol. The normalized spacial score (nSPS) is 10.8. The molecule has 0 radical (unpaired) electrons. The average molecular weight is 359 g/mol. The smallest absolute Gasteiger partial charge is 0.375 e. The number of amides is 1. The molecule has 0 spiro atoms. The van der Waals surface area contributed by atoms with Crippen molar-refractivity contribution in [2.75, 3.05) is 6.61 Å². The van der Waals surface area contributed by atoms with E-state index in [0.717, 1.165) is 0 Å². The van der Waals surface area contributed by atoms with Crippen LogP contribution in [0.25, 0.3) is 0 Å². The molecule has 140 valence electrons. The molecule has 1 aromatic heterocycles. The Kier molecular flexibility index (Phi) is 6.83. The summed E-state index contributed by atoms with van der Waals surface area (Å²) in [5.41, 5.74) is 0.566. The first-order chi connectivity index (χ1) is 12.4. The van der Waals surface area contributed by atoms with E-state index < -0.39 is 5.97 Å². The molecule has 0 unspecified atom stereocenters. The van der Waals surface area contributed by atoms with Gasteiger partial charge in [-0.25, -0.2) is 4.79 Å². The molecule has 1 amide bonds. The second-order valence-corrected chi connectivity index (χ2v) is 6.44. The summed E-state index contributed by atoms with van der Waals surface area (Å²) in [7, 11) is 0. The van der Waals surface area contributed by atoms with Crippen molar-refractivity contribution in [3.8, 4) is 5.75 Å². The second-order valence-electron chi connectivity index (χ2n) is 6.44. The van der Waals surface area contributed by atoms with Gasteiger partial charge in [-0.2, -0.15) is 0 Å². The molecule has 0 N–H and O–H groups in total. The maximum atomic E-state index is 12.3. The van der Waals surface area contributed by atoms with Gasteiger partial charge in [-0.3, -0.25) is 4.79 Å². The van der Waals surface area contributed by atoms with Crippen LogP contribution in [0.4, 0.5) is 0 Å². The van der Waals surface area contributed by atoms with Gasteiger partial charge in [0.2, 0.25) is 5.76 Å². The number of hydrogen-bond acceptors (Lipinski definition) is 5. The van der Waals surface area contributed by atoms with Crippen LogP contribution in [0.15, 0.2) is 47.1 Å². The van der Waals surface area contributed by atoms with Gasteiger partial charge in [0, 0.05) is 17.6 Å². The van der Waals surface area contributed by atoms with Crippen LogP contribution < -0.4 is 4.74 Å². The van der Waals surface area contributed by atoms with E-state index >= 15 is 0 Å². The Morgan fingerprint density at radius 2 is 1.69 bits per heavy atom. The van der Waals surface area contributed by atoms with E-state index in [1.807, 2.05) is 58.0 Å². The number of ether oxygens (including phenoxy) is 2. The van der Waals surface area contributed by atoms with Gasteiger partial charge in [-0.15, -0.1) is 0 Å². The molecule has 0 bridgehead atoms. The lowest BCUT2D eigenvalue weighted by Gasteiger charge is -2.30. The summed E-state index contributed by atoms with van der Waals surface area (Å²) >= 11 is 0. The van der Waals surface area contributed by atoms with Gasteiger partial charge in [0.25, 0.3) is 5.91 Å². The number of nitrogens with zero attached hydrogens (tertiary/aromatic N) is 1. The van der Waals surface area contributed by atoms with Crippen molar-refractivity contribution in [3.63, 3.8) is 0 Å². The third kappa shape index (κ3) is 5.12. The largest absolute Gasteiger partial charge is 0.489 e. The SMILES string of the molecule is CC(C)N(C(=O)COC(=O)c1occc1COc1ccccc1)C(C)C. The van der Waals surface area contributed by atoms with Crippen molar-refractivity contribution in [1.29, 1.82) is 0 Å². The number of carbonyl (C=O) groups excluding carboxylic acids is 2. The number of esters is 1.